The van der Waals surface area contributed by atoms with Crippen LogP contribution in [0, 0.1) is 0 Å². The largest absolute Gasteiger partial charge is 0.401 e. The molecule has 0 aliphatic heterocycles. The normalized spacial score (nSPS) is 18.6. The van der Waals surface area contributed by atoms with Crippen LogP contribution in [0.1, 0.15) is 37.7 Å². The van der Waals surface area contributed by atoms with Gasteiger partial charge in [0.1, 0.15) is 0 Å². The number of hydrogen-bond acceptors (Lipinski definition) is 3. The van der Waals surface area contributed by atoms with Crippen LogP contribution in [0.4, 0.5) is 0 Å². The second-order valence-electron chi connectivity index (χ2n) is 4.92. The first-order valence-electron chi connectivity index (χ1n) is 6.69. The number of nitrogens with zero attached hydrogens (tertiary/aromatic N) is 1. The predicted octanol–water partition coefficient (Wildman–Crippen LogP) is 2.83. The summed E-state index contributed by atoms with van der Waals surface area (Å²) in [6, 6.07) is 10.1. The Labute approximate surface area is 114 Å². The Morgan fingerprint density at radius 1 is 1.26 bits per heavy atom. The SMILES string of the molecule is CN=C(C1=C(N)CCCC1=O)C(C)c1ccccc1. The van der Waals surface area contributed by atoms with Crippen LogP contribution in [0.2, 0.25) is 0 Å². The van der Waals surface area contributed by atoms with Crippen LogP contribution in [0.3, 0.4) is 0 Å². The van der Waals surface area contributed by atoms with Crippen molar-refractivity contribution in [2.24, 2.45) is 10.7 Å². The lowest BCUT2D eigenvalue weighted by Crippen LogP contribution is -2.26. The Bertz CT molecular complexity index is 529. The Balaban J connectivity index is 2.39. The molecule has 3 heteroatoms. The zero-order valence-corrected chi connectivity index (χ0v) is 11.5. The molecule has 1 aromatic rings. The zero-order valence-electron chi connectivity index (χ0n) is 11.5. The van der Waals surface area contributed by atoms with Crippen molar-refractivity contribution < 1.29 is 4.79 Å². The van der Waals surface area contributed by atoms with Gasteiger partial charge in [-0.3, -0.25) is 9.79 Å². The second-order valence-corrected chi connectivity index (χ2v) is 4.92. The summed E-state index contributed by atoms with van der Waals surface area (Å²) in [5.74, 6) is 0.217. The number of aliphatic imine (C=N–C) groups is 1. The predicted molar refractivity (Wildman–Crippen MR) is 78.3 cm³/mol. The minimum Gasteiger partial charge on any atom is -0.401 e. The van der Waals surface area contributed by atoms with Crippen molar-refractivity contribution in [2.75, 3.05) is 7.05 Å². The fourth-order valence-corrected chi connectivity index (χ4v) is 2.60. The van der Waals surface area contributed by atoms with Gasteiger partial charge in [-0.05, 0) is 18.4 Å². The Kier molecular flexibility index (Phi) is 4.15. The third kappa shape index (κ3) is 2.75. The van der Waals surface area contributed by atoms with Crippen molar-refractivity contribution in [1.82, 2.24) is 0 Å². The van der Waals surface area contributed by atoms with Gasteiger partial charge in [0.05, 0.1) is 11.3 Å². The highest BCUT2D eigenvalue weighted by molar-refractivity contribution is 6.25. The number of carbonyl (C=O) groups excluding carboxylic acids is 1. The maximum Gasteiger partial charge on any atom is 0.166 e. The van der Waals surface area contributed by atoms with Crippen molar-refractivity contribution >= 4 is 11.5 Å². The van der Waals surface area contributed by atoms with Gasteiger partial charge in [0.2, 0.25) is 0 Å². The molecule has 0 bridgehead atoms. The average molecular weight is 256 g/mol. The maximum atomic E-state index is 12.1. The highest BCUT2D eigenvalue weighted by Crippen LogP contribution is 2.27. The molecule has 0 radical (unpaired) electrons. The molecule has 19 heavy (non-hydrogen) atoms. The number of ketones is 1. The van der Waals surface area contributed by atoms with Gasteiger partial charge in [0.15, 0.2) is 5.78 Å². The van der Waals surface area contributed by atoms with Crippen LogP contribution in [-0.2, 0) is 4.79 Å². The lowest BCUT2D eigenvalue weighted by Gasteiger charge is -2.22. The van der Waals surface area contributed by atoms with Gasteiger partial charge in [-0.1, -0.05) is 37.3 Å². The molecule has 2 N–H and O–H groups in total. The average Bonchev–Trinajstić information content (AvgIpc) is 2.43. The molecule has 0 heterocycles. The molecule has 1 aromatic carbocycles. The molecule has 3 nitrogen and oxygen atoms in total. The van der Waals surface area contributed by atoms with Crippen LogP contribution in [0.5, 0.6) is 0 Å². The molecule has 1 aliphatic rings. The van der Waals surface area contributed by atoms with Crippen molar-refractivity contribution in [1.29, 1.82) is 0 Å². The fraction of sp³-hybridized carbons (Fsp3) is 0.375. The number of hydrogen-bond donors (Lipinski definition) is 1. The molecule has 100 valence electrons. The van der Waals surface area contributed by atoms with E-state index in [1.165, 1.54) is 0 Å². The highest BCUT2D eigenvalue weighted by Gasteiger charge is 2.26. The van der Waals surface area contributed by atoms with Crippen molar-refractivity contribution in [3.05, 3.63) is 47.2 Å². The summed E-state index contributed by atoms with van der Waals surface area (Å²) in [5.41, 5.74) is 9.36. The third-order valence-electron chi connectivity index (χ3n) is 3.66. The molecule has 0 fully saturated rings. The molecular formula is C16H20N2O. The lowest BCUT2D eigenvalue weighted by molar-refractivity contribution is -0.115. The van der Waals surface area contributed by atoms with Crippen LogP contribution in [-0.4, -0.2) is 18.5 Å². The number of rotatable bonds is 3. The first-order valence-corrected chi connectivity index (χ1v) is 6.69. The van der Waals surface area contributed by atoms with E-state index in [1.807, 2.05) is 18.2 Å². The van der Waals surface area contributed by atoms with Gasteiger partial charge in [-0.15, -0.1) is 0 Å². The maximum absolute atomic E-state index is 12.1. The van der Waals surface area contributed by atoms with Crippen molar-refractivity contribution in [3.8, 4) is 0 Å². The summed E-state index contributed by atoms with van der Waals surface area (Å²) in [5, 5.41) is 0. The Morgan fingerprint density at radius 2 is 1.95 bits per heavy atom. The minimum atomic E-state index is 0.0850. The van der Waals surface area contributed by atoms with E-state index in [2.05, 4.69) is 24.0 Å². The van der Waals surface area contributed by atoms with E-state index in [9.17, 15) is 4.79 Å². The summed E-state index contributed by atoms with van der Waals surface area (Å²) < 4.78 is 0. The van der Waals surface area contributed by atoms with Crippen molar-refractivity contribution in [3.63, 3.8) is 0 Å². The molecule has 0 amide bonds. The summed E-state index contributed by atoms with van der Waals surface area (Å²) >= 11 is 0. The highest BCUT2D eigenvalue weighted by atomic mass is 16.1. The number of benzene rings is 1. The molecule has 2 rings (SSSR count). The van der Waals surface area contributed by atoms with E-state index >= 15 is 0 Å². The quantitative estimate of drug-likeness (QED) is 0.845. The second kappa shape index (κ2) is 5.83. The van der Waals surface area contributed by atoms with Crippen LogP contribution in [0.15, 0.2) is 46.6 Å². The zero-order chi connectivity index (χ0) is 13.8. The lowest BCUT2D eigenvalue weighted by atomic mass is 9.84. The summed E-state index contributed by atoms with van der Waals surface area (Å²) in [4.78, 5) is 16.5. The van der Waals surface area contributed by atoms with E-state index in [4.69, 9.17) is 5.73 Å². The van der Waals surface area contributed by atoms with Crippen LogP contribution in [0.25, 0.3) is 0 Å². The van der Waals surface area contributed by atoms with E-state index in [0.717, 1.165) is 24.1 Å². The molecule has 1 unspecified atom stereocenters. The number of nitrogens with two attached hydrogens (primary N) is 1. The molecule has 0 spiro atoms. The van der Waals surface area contributed by atoms with E-state index in [-0.39, 0.29) is 11.7 Å². The van der Waals surface area contributed by atoms with Gasteiger partial charge < -0.3 is 5.73 Å². The number of allylic oxidation sites excluding steroid dienone is 2. The van der Waals surface area contributed by atoms with Crippen LogP contribution < -0.4 is 5.73 Å². The number of Topliss-reactive ketones (excluding diaryl/α,β-unsaturated/α-hetero) is 1. The molecule has 0 saturated heterocycles. The minimum absolute atomic E-state index is 0.0850. The monoisotopic (exact) mass is 256 g/mol. The fourth-order valence-electron chi connectivity index (χ4n) is 2.60. The Morgan fingerprint density at radius 3 is 2.53 bits per heavy atom. The van der Waals surface area contributed by atoms with Crippen molar-refractivity contribution in [2.45, 2.75) is 32.1 Å². The van der Waals surface area contributed by atoms with Gasteiger partial charge in [-0.25, -0.2) is 0 Å². The topological polar surface area (TPSA) is 55.4 Å². The van der Waals surface area contributed by atoms with Gasteiger partial charge >= 0.3 is 0 Å². The summed E-state index contributed by atoms with van der Waals surface area (Å²) in [7, 11) is 1.73. The summed E-state index contributed by atoms with van der Waals surface area (Å²) in [6.07, 6.45) is 2.23. The van der Waals surface area contributed by atoms with E-state index < -0.39 is 0 Å². The molecule has 0 saturated carbocycles. The number of carbonyl (C=O) groups is 1. The first-order chi connectivity index (χ1) is 9.15. The molecule has 1 aliphatic carbocycles. The molecule has 1 atom stereocenters. The first kappa shape index (κ1) is 13.5. The van der Waals surface area contributed by atoms with Gasteiger partial charge in [0, 0.05) is 25.1 Å². The van der Waals surface area contributed by atoms with Gasteiger partial charge in [0.25, 0.3) is 0 Å². The Hall–Kier alpha value is -1.90. The molecular weight excluding hydrogens is 236 g/mol. The summed E-state index contributed by atoms with van der Waals surface area (Å²) in [6.45, 7) is 2.07. The van der Waals surface area contributed by atoms with E-state index in [1.54, 1.807) is 7.05 Å². The van der Waals surface area contributed by atoms with Gasteiger partial charge in [-0.2, -0.15) is 0 Å². The smallest absolute Gasteiger partial charge is 0.166 e. The standard InChI is InChI=1S/C16H20N2O/c1-11(12-7-4-3-5-8-12)16(18-2)15-13(17)9-6-10-14(15)19/h3-5,7-8,11H,6,9-10,17H2,1-2H3. The van der Waals surface area contributed by atoms with E-state index in [0.29, 0.717) is 17.7 Å². The molecule has 0 aromatic heterocycles. The van der Waals surface area contributed by atoms with Crippen LogP contribution >= 0.6 is 0 Å². The third-order valence-corrected chi connectivity index (χ3v) is 3.66.